The van der Waals surface area contributed by atoms with Gasteiger partial charge < -0.3 is 4.90 Å². The van der Waals surface area contributed by atoms with Crippen LogP contribution in [0.5, 0.6) is 0 Å². The lowest BCUT2D eigenvalue weighted by Crippen LogP contribution is -2.31. The molecule has 2 atom stereocenters. The number of halogens is 3. The van der Waals surface area contributed by atoms with E-state index < -0.39 is 11.7 Å². The van der Waals surface area contributed by atoms with Crippen LogP contribution in [-0.4, -0.2) is 23.8 Å². The minimum absolute atomic E-state index is 0.289. The summed E-state index contributed by atoms with van der Waals surface area (Å²) in [5.41, 5.74) is 3.81. The molecule has 2 aliphatic heterocycles. The summed E-state index contributed by atoms with van der Waals surface area (Å²) in [7, 11) is 0. The Hall–Kier alpha value is -2.37. The summed E-state index contributed by atoms with van der Waals surface area (Å²) in [5, 5.41) is 0. The van der Waals surface area contributed by atoms with Crippen molar-refractivity contribution in [3.8, 4) is 0 Å². The molecule has 0 spiro atoms. The van der Waals surface area contributed by atoms with Gasteiger partial charge >= 0.3 is 6.18 Å². The van der Waals surface area contributed by atoms with Gasteiger partial charge in [0.2, 0.25) is 0 Å². The predicted octanol–water partition coefficient (Wildman–Crippen LogP) is 5.33. The highest BCUT2D eigenvalue weighted by Crippen LogP contribution is 2.56. The van der Waals surface area contributed by atoms with Crippen molar-refractivity contribution >= 4 is 17.1 Å². The van der Waals surface area contributed by atoms with Gasteiger partial charge in [0.25, 0.3) is 0 Å². The van der Waals surface area contributed by atoms with Crippen molar-refractivity contribution in [1.82, 2.24) is 4.98 Å². The van der Waals surface area contributed by atoms with Crippen molar-refractivity contribution in [3.05, 3.63) is 53.3 Å². The molecular weight excluding hydrogens is 351 g/mol. The molecule has 2 unspecified atom stereocenters. The zero-order valence-electron chi connectivity index (χ0n) is 14.8. The molecule has 1 aromatic heterocycles. The molecule has 3 aliphatic rings. The van der Waals surface area contributed by atoms with Gasteiger partial charge in [0.05, 0.1) is 28.8 Å². The summed E-state index contributed by atoms with van der Waals surface area (Å²) in [5.74, 6) is 0.595. The summed E-state index contributed by atoms with van der Waals surface area (Å²) >= 11 is 0. The molecule has 0 bridgehead atoms. The first-order chi connectivity index (χ1) is 13.0. The van der Waals surface area contributed by atoms with Crippen molar-refractivity contribution in [2.45, 2.75) is 37.8 Å². The van der Waals surface area contributed by atoms with Crippen molar-refractivity contribution in [2.75, 3.05) is 18.0 Å². The minimum Gasteiger partial charge on any atom is -0.370 e. The molecule has 0 radical (unpaired) electrons. The number of piperidine rings is 1. The van der Waals surface area contributed by atoms with Gasteiger partial charge in [-0.15, -0.1) is 0 Å². The highest BCUT2D eigenvalue weighted by atomic mass is 19.4. The molecule has 1 aromatic carbocycles. The molecular formula is C21H20F3N3. The van der Waals surface area contributed by atoms with Crippen LogP contribution in [0.25, 0.3) is 0 Å². The lowest BCUT2D eigenvalue weighted by atomic mass is 9.95. The second-order valence-electron chi connectivity index (χ2n) is 7.66. The van der Waals surface area contributed by atoms with Crippen LogP contribution in [0.3, 0.4) is 0 Å². The molecule has 5 rings (SSSR count). The maximum atomic E-state index is 13.1. The van der Waals surface area contributed by atoms with Crippen molar-refractivity contribution in [3.63, 3.8) is 0 Å². The van der Waals surface area contributed by atoms with E-state index in [9.17, 15) is 13.2 Å². The van der Waals surface area contributed by atoms with Crippen LogP contribution >= 0.6 is 0 Å². The summed E-state index contributed by atoms with van der Waals surface area (Å²) in [6.07, 6.45) is 3.80. The smallest absolute Gasteiger partial charge is 0.370 e. The standard InChI is InChI=1S/C21H20F3N3/c22-21(23,24)13-4-5-14-16-11-17(16)20(26-18(14)10-13)15-6-7-25-12-19(15)27-8-2-1-3-9-27/h4-7,10,12,16-17H,1-3,8-9,11H2. The van der Waals surface area contributed by atoms with Crippen molar-refractivity contribution in [1.29, 1.82) is 0 Å². The largest absolute Gasteiger partial charge is 0.416 e. The molecule has 0 N–H and O–H groups in total. The van der Waals surface area contributed by atoms with Gasteiger partial charge in [-0.2, -0.15) is 13.2 Å². The quantitative estimate of drug-likeness (QED) is 0.714. The average molecular weight is 371 g/mol. The fourth-order valence-electron chi connectivity index (χ4n) is 4.43. The number of anilines is 1. The minimum atomic E-state index is -4.35. The summed E-state index contributed by atoms with van der Waals surface area (Å²) in [4.78, 5) is 11.4. The molecule has 1 aliphatic carbocycles. The van der Waals surface area contributed by atoms with Gasteiger partial charge in [0.15, 0.2) is 0 Å². The first kappa shape index (κ1) is 16.8. The summed E-state index contributed by atoms with van der Waals surface area (Å²) < 4.78 is 39.4. The molecule has 1 saturated heterocycles. The number of benzene rings is 1. The van der Waals surface area contributed by atoms with Crippen LogP contribution in [0.1, 0.15) is 48.3 Å². The van der Waals surface area contributed by atoms with E-state index >= 15 is 0 Å². The number of hydrogen-bond donors (Lipinski definition) is 0. The highest BCUT2D eigenvalue weighted by Gasteiger charge is 2.47. The van der Waals surface area contributed by atoms with E-state index in [1.54, 1.807) is 12.3 Å². The average Bonchev–Trinajstić information content (AvgIpc) is 3.48. The van der Waals surface area contributed by atoms with Crippen LogP contribution in [-0.2, 0) is 6.18 Å². The summed E-state index contributed by atoms with van der Waals surface area (Å²) in [6.45, 7) is 1.99. The molecule has 140 valence electrons. The van der Waals surface area contributed by atoms with Crippen LogP contribution in [0.15, 0.2) is 41.7 Å². The van der Waals surface area contributed by atoms with E-state index in [0.717, 1.165) is 54.9 Å². The van der Waals surface area contributed by atoms with Crippen molar-refractivity contribution < 1.29 is 13.2 Å². The van der Waals surface area contributed by atoms with Crippen LogP contribution in [0.2, 0.25) is 0 Å². The summed E-state index contributed by atoms with van der Waals surface area (Å²) in [6, 6.07) is 5.96. The SMILES string of the molecule is FC(F)(F)c1ccc2c(c1)N=C(c1ccncc1N1CCCCC1)C1CC21. The van der Waals surface area contributed by atoms with Gasteiger partial charge in [-0.05, 0) is 55.4 Å². The Balaban J connectivity index is 1.58. The predicted molar refractivity (Wildman–Crippen MR) is 98.8 cm³/mol. The Kier molecular flexibility index (Phi) is 3.78. The van der Waals surface area contributed by atoms with E-state index in [4.69, 9.17) is 4.99 Å². The van der Waals surface area contributed by atoms with E-state index in [1.807, 2.05) is 12.3 Å². The fourth-order valence-corrected chi connectivity index (χ4v) is 4.43. The number of aromatic nitrogens is 1. The van der Waals surface area contributed by atoms with Crippen molar-refractivity contribution in [2.24, 2.45) is 10.9 Å². The third kappa shape index (κ3) is 2.91. The monoisotopic (exact) mass is 371 g/mol. The lowest BCUT2D eigenvalue weighted by molar-refractivity contribution is -0.137. The van der Waals surface area contributed by atoms with Gasteiger partial charge in [0.1, 0.15) is 0 Å². The van der Waals surface area contributed by atoms with Crippen LogP contribution in [0.4, 0.5) is 24.5 Å². The third-order valence-electron chi connectivity index (χ3n) is 5.91. The lowest BCUT2D eigenvalue weighted by Gasteiger charge is -2.31. The number of pyridine rings is 1. The Labute approximate surface area is 155 Å². The fraction of sp³-hybridized carbons (Fsp3) is 0.429. The number of aliphatic imine (C=N–C) groups is 1. The Morgan fingerprint density at radius 2 is 1.81 bits per heavy atom. The van der Waals surface area contributed by atoms with Gasteiger partial charge in [0, 0.05) is 30.8 Å². The molecule has 1 saturated carbocycles. The Bertz CT molecular complexity index is 913. The number of fused-ring (bicyclic) bond motifs is 3. The second kappa shape index (κ2) is 6.08. The van der Waals surface area contributed by atoms with E-state index in [2.05, 4.69) is 9.88 Å². The Morgan fingerprint density at radius 3 is 2.59 bits per heavy atom. The van der Waals surface area contributed by atoms with Gasteiger partial charge in [-0.1, -0.05) is 6.07 Å². The Morgan fingerprint density at radius 1 is 1.00 bits per heavy atom. The van der Waals surface area contributed by atoms with Crippen LogP contribution in [0, 0.1) is 5.92 Å². The maximum absolute atomic E-state index is 13.1. The van der Waals surface area contributed by atoms with Gasteiger partial charge in [-0.3, -0.25) is 9.98 Å². The number of hydrogen-bond acceptors (Lipinski definition) is 3. The van der Waals surface area contributed by atoms with E-state index in [-0.39, 0.29) is 5.92 Å². The zero-order valence-corrected chi connectivity index (χ0v) is 14.8. The number of alkyl halides is 3. The molecule has 6 heteroatoms. The first-order valence-electron chi connectivity index (χ1n) is 9.51. The van der Waals surface area contributed by atoms with Crippen LogP contribution < -0.4 is 4.90 Å². The zero-order chi connectivity index (χ0) is 18.6. The molecule has 2 aromatic rings. The molecule has 3 nitrogen and oxygen atoms in total. The maximum Gasteiger partial charge on any atom is 0.416 e. The topological polar surface area (TPSA) is 28.5 Å². The molecule has 3 heterocycles. The third-order valence-corrected chi connectivity index (χ3v) is 5.91. The number of nitrogens with zero attached hydrogens (tertiary/aromatic N) is 3. The first-order valence-corrected chi connectivity index (χ1v) is 9.51. The molecule has 2 fully saturated rings. The molecule has 0 amide bonds. The van der Waals surface area contributed by atoms with E-state index in [1.165, 1.54) is 18.6 Å². The highest BCUT2D eigenvalue weighted by molar-refractivity contribution is 6.11. The molecule has 27 heavy (non-hydrogen) atoms. The van der Waals surface area contributed by atoms with E-state index in [0.29, 0.717) is 11.6 Å². The second-order valence-corrected chi connectivity index (χ2v) is 7.66. The number of rotatable bonds is 2. The normalized spacial score (nSPS) is 24.1. The van der Waals surface area contributed by atoms with Gasteiger partial charge in [-0.25, -0.2) is 0 Å².